The van der Waals surface area contributed by atoms with Gasteiger partial charge in [-0.15, -0.1) is 6.42 Å². The van der Waals surface area contributed by atoms with Gasteiger partial charge in [0.1, 0.15) is 5.69 Å². The van der Waals surface area contributed by atoms with Crippen LogP contribution in [0.5, 0.6) is 0 Å². The van der Waals surface area contributed by atoms with Crippen LogP contribution >= 0.6 is 0 Å². The van der Waals surface area contributed by atoms with Gasteiger partial charge < -0.3 is 5.32 Å². The zero-order valence-electron chi connectivity index (χ0n) is 7.61. The zero-order valence-corrected chi connectivity index (χ0v) is 7.61. The lowest BCUT2D eigenvalue weighted by atomic mass is 10.3. The van der Waals surface area contributed by atoms with Gasteiger partial charge in [0, 0.05) is 0 Å². The Morgan fingerprint density at radius 2 is 1.67 bits per heavy atom. The van der Waals surface area contributed by atoms with Crippen LogP contribution in [0.3, 0.4) is 0 Å². The molecular weight excluding hydrogens is 212 g/mol. The first-order valence-electron chi connectivity index (χ1n) is 3.90. The average Bonchev–Trinajstić information content (AvgIpc) is 2.21. The van der Waals surface area contributed by atoms with Crippen molar-refractivity contribution in [3.63, 3.8) is 0 Å². The number of pyridine rings is 1. The highest BCUT2D eigenvalue weighted by Gasteiger charge is 2.21. The molecule has 1 rings (SSSR count). The highest BCUT2D eigenvalue weighted by atomic mass is 19.2. The number of halogens is 4. The fraction of sp³-hybridized carbons (Fsp3) is 0.222. The molecule has 0 aliphatic heterocycles. The molecule has 0 aliphatic rings. The smallest absolute Gasteiger partial charge is 0.253 e. The number of terminal acetylenes is 1. The summed E-state index contributed by atoms with van der Waals surface area (Å²) in [5.41, 5.74) is -0.953. The fourth-order valence-electron chi connectivity index (χ4n) is 0.872. The molecule has 1 aromatic heterocycles. The summed E-state index contributed by atoms with van der Waals surface area (Å²) in [7, 11) is 0. The van der Waals surface area contributed by atoms with Crippen molar-refractivity contribution in [2.45, 2.75) is 13.0 Å². The van der Waals surface area contributed by atoms with E-state index in [2.05, 4.69) is 16.2 Å². The average molecular weight is 218 g/mol. The van der Waals surface area contributed by atoms with Crippen LogP contribution in [0.15, 0.2) is 0 Å². The summed E-state index contributed by atoms with van der Waals surface area (Å²) in [5, 5.41) is 2.10. The molecule has 2 nitrogen and oxygen atoms in total. The molecule has 1 atom stereocenters. The van der Waals surface area contributed by atoms with Crippen molar-refractivity contribution in [2.24, 2.45) is 0 Å². The van der Waals surface area contributed by atoms with Gasteiger partial charge in [0.2, 0.25) is 11.6 Å². The standard InChI is InChI=1S/C9H6F4N2/c1-3-4(2)14-7-5(10)8(12)15-9(13)6(7)11/h1,4H,2H3,(H,14,15). The van der Waals surface area contributed by atoms with E-state index in [4.69, 9.17) is 6.42 Å². The van der Waals surface area contributed by atoms with Crippen molar-refractivity contribution in [1.82, 2.24) is 4.98 Å². The van der Waals surface area contributed by atoms with Crippen molar-refractivity contribution in [1.29, 1.82) is 0 Å². The molecule has 0 spiro atoms. The summed E-state index contributed by atoms with van der Waals surface area (Å²) in [6, 6.07) is -0.768. The number of aromatic nitrogens is 1. The monoisotopic (exact) mass is 218 g/mol. The summed E-state index contributed by atoms with van der Waals surface area (Å²) < 4.78 is 51.1. The molecule has 1 aromatic rings. The van der Waals surface area contributed by atoms with Gasteiger partial charge in [-0.05, 0) is 6.92 Å². The first kappa shape index (κ1) is 11.3. The van der Waals surface area contributed by atoms with Crippen LogP contribution in [0.25, 0.3) is 0 Å². The van der Waals surface area contributed by atoms with Crippen LogP contribution in [-0.2, 0) is 0 Å². The van der Waals surface area contributed by atoms with Crippen molar-refractivity contribution in [3.8, 4) is 12.3 Å². The van der Waals surface area contributed by atoms with E-state index in [9.17, 15) is 17.6 Å². The first-order chi connectivity index (χ1) is 6.97. The molecule has 15 heavy (non-hydrogen) atoms. The maximum Gasteiger partial charge on any atom is 0.253 e. The van der Waals surface area contributed by atoms with Crippen LogP contribution in [0.4, 0.5) is 23.2 Å². The van der Waals surface area contributed by atoms with Gasteiger partial charge >= 0.3 is 0 Å². The van der Waals surface area contributed by atoms with E-state index in [0.29, 0.717) is 0 Å². The second-order valence-corrected chi connectivity index (χ2v) is 2.73. The van der Waals surface area contributed by atoms with E-state index in [0.717, 1.165) is 0 Å². The predicted octanol–water partition coefficient (Wildman–Crippen LogP) is 2.07. The van der Waals surface area contributed by atoms with E-state index in [-0.39, 0.29) is 0 Å². The quantitative estimate of drug-likeness (QED) is 0.467. The molecule has 1 heterocycles. The van der Waals surface area contributed by atoms with Crippen LogP contribution < -0.4 is 5.32 Å². The molecule has 0 fully saturated rings. The Morgan fingerprint density at radius 3 is 2.07 bits per heavy atom. The Kier molecular flexibility index (Phi) is 3.14. The number of nitrogens with one attached hydrogen (secondary N) is 1. The van der Waals surface area contributed by atoms with Gasteiger partial charge in [-0.3, -0.25) is 0 Å². The number of rotatable bonds is 2. The Hall–Kier alpha value is -1.77. The molecule has 1 N–H and O–H groups in total. The number of hydrogen-bond acceptors (Lipinski definition) is 2. The molecule has 80 valence electrons. The normalized spacial score (nSPS) is 12.0. The Labute approximate surface area is 83.3 Å². The second kappa shape index (κ2) is 4.17. The Balaban J connectivity index is 3.22. The van der Waals surface area contributed by atoms with E-state index < -0.39 is 35.3 Å². The molecule has 0 aromatic carbocycles. The molecule has 0 saturated heterocycles. The lowest BCUT2D eigenvalue weighted by molar-refractivity contribution is 0.410. The van der Waals surface area contributed by atoms with Crippen LogP contribution in [0, 0.1) is 35.9 Å². The maximum atomic E-state index is 13.0. The highest BCUT2D eigenvalue weighted by Crippen LogP contribution is 2.22. The topological polar surface area (TPSA) is 24.9 Å². The van der Waals surface area contributed by atoms with Gasteiger partial charge in [0.15, 0.2) is 0 Å². The molecule has 0 amide bonds. The van der Waals surface area contributed by atoms with E-state index in [1.807, 2.05) is 0 Å². The van der Waals surface area contributed by atoms with Gasteiger partial charge in [-0.1, -0.05) is 5.92 Å². The summed E-state index contributed by atoms with van der Waals surface area (Å²) >= 11 is 0. The third kappa shape index (κ3) is 2.18. The minimum Gasteiger partial charge on any atom is -0.367 e. The number of hydrogen-bond donors (Lipinski definition) is 1. The Morgan fingerprint density at radius 1 is 1.20 bits per heavy atom. The van der Waals surface area contributed by atoms with E-state index >= 15 is 0 Å². The molecule has 0 bridgehead atoms. The number of anilines is 1. The van der Waals surface area contributed by atoms with Crippen LogP contribution in [0.2, 0.25) is 0 Å². The SMILES string of the molecule is C#CC(C)Nc1c(F)c(F)nc(F)c1F. The molecule has 6 heteroatoms. The molecular formula is C9H6F4N2. The van der Waals surface area contributed by atoms with E-state index in [1.165, 1.54) is 6.92 Å². The van der Waals surface area contributed by atoms with E-state index in [1.54, 1.807) is 0 Å². The van der Waals surface area contributed by atoms with Crippen LogP contribution in [0.1, 0.15) is 6.92 Å². The van der Waals surface area contributed by atoms with Crippen LogP contribution in [-0.4, -0.2) is 11.0 Å². The van der Waals surface area contributed by atoms with Gasteiger partial charge in [-0.25, -0.2) is 0 Å². The summed E-state index contributed by atoms with van der Waals surface area (Å²) in [6.07, 6.45) is 4.94. The van der Waals surface area contributed by atoms with Crippen molar-refractivity contribution in [2.75, 3.05) is 5.32 Å². The third-order valence-corrected chi connectivity index (χ3v) is 1.61. The zero-order chi connectivity index (χ0) is 11.6. The lowest BCUT2D eigenvalue weighted by Crippen LogP contribution is -2.17. The highest BCUT2D eigenvalue weighted by molar-refractivity contribution is 5.47. The van der Waals surface area contributed by atoms with Crippen molar-refractivity contribution in [3.05, 3.63) is 23.5 Å². The largest absolute Gasteiger partial charge is 0.367 e. The summed E-state index contributed by atoms with van der Waals surface area (Å²) in [4.78, 5) is 2.39. The molecule has 1 unspecified atom stereocenters. The van der Waals surface area contributed by atoms with Crippen molar-refractivity contribution >= 4 is 5.69 Å². The third-order valence-electron chi connectivity index (χ3n) is 1.61. The molecule has 0 aliphatic carbocycles. The lowest BCUT2D eigenvalue weighted by Gasteiger charge is -2.11. The Bertz CT molecular complexity index is 399. The molecule has 0 saturated carbocycles. The minimum atomic E-state index is -1.72. The first-order valence-corrected chi connectivity index (χ1v) is 3.90. The minimum absolute atomic E-state index is 0.768. The maximum absolute atomic E-state index is 13.0. The van der Waals surface area contributed by atoms with Gasteiger partial charge in [0.25, 0.3) is 11.9 Å². The van der Waals surface area contributed by atoms with Gasteiger partial charge in [-0.2, -0.15) is 22.5 Å². The molecule has 0 radical (unpaired) electrons. The van der Waals surface area contributed by atoms with Crippen molar-refractivity contribution < 1.29 is 17.6 Å². The summed E-state index contributed by atoms with van der Waals surface area (Å²) in [5.74, 6) is -4.55. The predicted molar refractivity (Wildman–Crippen MR) is 46.0 cm³/mol. The van der Waals surface area contributed by atoms with Gasteiger partial charge in [0.05, 0.1) is 6.04 Å². The number of nitrogens with zero attached hydrogens (tertiary/aromatic N) is 1. The fourth-order valence-corrected chi connectivity index (χ4v) is 0.872. The summed E-state index contributed by atoms with van der Waals surface area (Å²) in [6.45, 7) is 1.40. The second-order valence-electron chi connectivity index (χ2n) is 2.73.